The van der Waals surface area contributed by atoms with Gasteiger partial charge >= 0.3 is 5.97 Å². The Kier molecular flexibility index (Phi) is 1.94. The van der Waals surface area contributed by atoms with Crippen LogP contribution in [0.1, 0.15) is 33.1 Å². The molecular weight excluding hydrogens is 178 g/mol. The van der Waals surface area contributed by atoms with Crippen LogP contribution in [-0.4, -0.2) is 19.1 Å². The molecule has 0 spiro atoms. The van der Waals surface area contributed by atoms with Crippen LogP contribution in [0.2, 0.25) is 0 Å². The molecule has 0 amide bonds. The van der Waals surface area contributed by atoms with Crippen molar-refractivity contribution in [1.82, 2.24) is 0 Å². The fourth-order valence-corrected chi connectivity index (χ4v) is 3.27. The molecule has 3 heteroatoms. The second-order valence-electron chi connectivity index (χ2n) is 5.41. The van der Waals surface area contributed by atoms with Gasteiger partial charge in [-0.05, 0) is 36.0 Å². The van der Waals surface area contributed by atoms with E-state index in [1.807, 2.05) is 0 Å². The largest absolute Gasteiger partial charge is 0.468 e. The van der Waals surface area contributed by atoms with Gasteiger partial charge in [0, 0.05) is 0 Å². The first-order chi connectivity index (χ1) is 6.46. The van der Waals surface area contributed by atoms with E-state index in [9.17, 15) is 4.79 Å². The lowest BCUT2D eigenvalue weighted by Crippen LogP contribution is -2.72. The molecule has 14 heavy (non-hydrogen) atoms. The van der Waals surface area contributed by atoms with Crippen LogP contribution in [0, 0.1) is 16.7 Å². The molecule has 0 aromatic heterocycles. The zero-order valence-electron chi connectivity index (χ0n) is 9.17. The van der Waals surface area contributed by atoms with Crippen molar-refractivity contribution in [3.8, 4) is 0 Å². The fourth-order valence-electron chi connectivity index (χ4n) is 3.27. The van der Waals surface area contributed by atoms with E-state index in [-0.39, 0.29) is 11.4 Å². The smallest absolute Gasteiger partial charge is 0.323 e. The second kappa shape index (κ2) is 2.72. The number of carbonyl (C=O) groups is 1. The van der Waals surface area contributed by atoms with Crippen molar-refractivity contribution in [2.24, 2.45) is 22.5 Å². The SMILES string of the molecule is COC(=O)C(N)C12CC(C(C)C)(C1)C2. The first-order valence-corrected chi connectivity index (χ1v) is 5.29. The van der Waals surface area contributed by atoms with E-state index in [2.05, 4.69) is 18.6 Å². The van der Waals surface area contributed by atoms with E-state index in [1.54, 1.807) is 0 Å². The van der Waals surface area contributed by atoms with Gasteiger partial charge in [-0.3, -0.25) is 4.79 Å². The Morgan fingerprint density at radius 1 is 1.29 bits per heavy atom. The van der Waals surface area contributed by atoms with Crippen LogP contribution in [0.3, 0.4) is 0 Å². The average molecular weight is 197 g/mol. The number of hydrogen-bond donors (Lipinski definition) is 1. The molecule has 1 unspecified atom stereocenters. The Labute approximate surface area is 85.0 Å². The predicted octanol–water partition coefficient (Wildman–Crippen LogP) is 1.31. The highest BCUT2D eigenvalue weighted by Gasteiger charge is 2.71. The molecule has 3 fully saturated rings. The van der Waals surface area contributed by atoms with Gasteiger partial charge < -0.3 is 10.5 Å². The van der Waals surface area contributed by atoms with Crippen LogP contribution in [0.4, 0.5) is 0 Å². The summed E-state index contributed by atoms with van der Waals surface area (Å²) in [6, 6.07) is -0.395. The van der Waals surface area contributed by atoms with Crippen molar-refractivity contribution in [3.05, 3.63) is 0 Å². The monoisotopic (exact) mass is 197 g/mol. The Hall–Kier alpha value is -0.570. The van der Waals surface area contributed by atoms with Crippen molar-refractivity contribution in [3.63, 3.8) is 0 Å². The number of methoxy groups -OCH3 is 1. The summed E-state index contributed by atoms with van der Waals surface area (Å²) in [5, 5.41) is 0. The number of hydrogen-bond acceptors (Lipinski definition) is 3. The molecule has 0 aromatic rings. The van der Waals surface area contributed by atoms with Crippen LogP contribution in [-0.2, 0) is 9.53 Å². The summed E-state index contributed by atoms with van der Waals surface area (Å²) in [4.78, 5) is 11.3. The molecule has 3 rings (SSSR count). The van der Waals surface area contributed by atoms with E-state index in [1.165, 1.54) is 7.11 Å². The minimum Gasteiger partial charge on any atom is -0.468 e. The average Bonchev–Trinajstić information content (AvgIpc) is 1.96. The molecular formula is C11H19NO2. The molecule has 2 N–H and O–H groups in total. The molecule has 3 aliphatic carbocycles. The lowest BCUT2D eigenvalue weighted by atomic mass is 9.30. The summed E-state index contributed by atoms with van der Waals surface area (Å²) >= 11 is 0. The zero-order valence-corrected chi connectivity index (χ0v) is 9.17. The van der Waals surface area contributed by atoms with Crippen LogP contribution in [0.5, 0.6) is 0 Å². The standard InChI is InChI=1S/C11H19NO2/c1-7(2)10-4-11(5-10,6-10)8(12)9(13)14-3/h7-8H,4-6,12H2,1-3H3. The Morgan fingerprint density at radius 2 is 1.79 bits per heavy atom. The van der Waals surface area contributed by atoms with E-state index >= 15 is 0 Å². The van der Waals surface area contributed by atoms with E-state index in [0.717, 1.165) is 19.3 Å². The highest BCUT2D eigenvalue weighted by atomic mass is 16.5. The van der Waals surface area contributed by atoms with Crippen LogP contribution >= 0.6 is 0 Å². The summed E-state index contributed by atoms with van der Waals surface area (Å²) in [7, 11) is 1.41. The summed E-state index contributed by atoms with van der Waals surface area (Å²) in [6.45, 7) is 4.51. The first-order valence-electron chi connectivity index (χ1n) is 5.29. The highest BCUT2D eigenvalue weighted by Crippen LogP contribution is 2.77. The van der Waals surface area contributed by atoms with Gasteiger partial charge in [-0.25, -0.2) is 0 Å². The number of esters is 1. The third-order valence-corrected chi connectivity index (χ3v) is 4.45. The molecule has 2 bridgehead atoms. The molecule has 0 saturated heterocycles. The van der Waals surface area contributed by atoms with Gasteiger partial charge in [-0.2, -0.15) is 0 Å². The number of carbonyl (C=O) groups excluding carboxylic acids is 1. The highest BCUT2D eigenvalue weighted by molar-refractivity contribution is 5.77. The van der Waals surface area contributed by atoms with Gasteiger partial charge in [0.2, 0.25) is 0 Å². The number of rotatable bonds is 3. The predicted molar refractivity (Wildman–Crippen MR) is 53.5 cm³/mol. The second-order valence-corrected chi connectivity index (χ2v) is 5.41. The van der Waals surface area contributed by atoms with Gasteiger partial charge in [0.25, 0.3) is 0 Å². The molecule has 0 radical (unpaired) electrons. The van der Waals surface area contributed by atoms with Gasteiger partial charge in [-0.1, -0.05) is 13.8 Å². The summed E-state index contributed by atoms with van der Waals surface area (Å²) in [5.41, 5.74) is 6.49. The zero-order chi connectivity index (χ0) is 10.6. The minimum absolute atomic E-state index is 0.0946. The van der Waals surface area contributed by atoms with Gasteiger partial charge in [0.05, 0.1) is 7.11 Å². The summed E-state index contributed by atoms with van der Waals surface area (Å²) in [6.07, 6.45) is 3.36. The molecule has 3 aliphatic rings. The van der Waals surface area contributed by atoms with Crippen molar-refractivity contribution < 1.29 is 9.53 Å². The summed E-state index contributed by atoms with van der Waals surface area (Å²) in [5.74, 6) is 0.469. The van der Waals surface area contributed by atoms with E-state index < -0.39 is 6.04 Å². The van der Waals surface area contributed by atoms with Gasteiger partial charge in [-0.15, -0.1) is 0 Å². The quantitative estimate of drug-likeness (QED) is 0.694. The number of nitrogens with two attached hydrogens (primary N) is 1. The third kappa shape index (κ3) is 0.991. The molecule has 3 saturated carbocycles. The molecule has 3 nitrogen and oxygen atoms in total. The Morgan fingerprint density at radius 3 is 2.14 bits per heavy atom. The van der Waals surface area contributed by atoms with E-state index in [0.29, 0.717) is 11.3 Å². The van der Waals surface area contributed by atoms with Crippen LogP contribution < -0.4 is 5.73 Å². The maximum atomic E-state index is 11.3. The maximum Gasteiger partial charge on any atom is 0.323 e. The molecule has 0 aromatic carbocycles. The molecule has 0 heterocycles. The Bertz CT molecular complexity index is 253. The van der Waals surface area contributed by atoms with Crippen molar-refractivity contribution in [2.45, 2.75) is 39.2 Å². The lowest BCUT2D eigenvalue weighted by Gasteiger charge is -2.74. The van der Waals surface area contributed by atoms with Crippen LogP contribution in [0.25, 0.3) is 0 Å². The Balaban J connectivity index is 1.97. The minimum atomic E-state index is -0.395. The fraction of sp³-hybridized carbons (Fsp3) is 0.909. The van der Waals surface area contributed by atoms with Crippen LogP contribution in [0.15, 0.2) is 0 Å². The van der Waals surface area contributed by atoms with Crippen molar-refractivity contribution in [2.75, 3.05) is 7.11 Å². The molecule has 1 atom stereocenters. The van der Waals surface area contributed by atoms with E-state index in [4.69, 9.17) is 5.73 Å². The number of ether oxygens (including phenoxy) is 1. The topological polar surface area (TPSA) is 52.3 Å². The third-order valence-electron chi connectivity index (χ3n) is 4.45. The maximum absolute atomic E-state index is 11.3. The molecule has 0 aliphatic heterocycles. The van der Waals surface area contributed by atoms with Crippen molar-refractivity contribution >= 4 is 5.97 Å². The van der Waals surface area contributed by atoms with Crippen molar-refractivity contribution in [1.29, 1.82) is 0 Å². The van der Waals surface area contributed by atoms with Gasteiger partial charge in [0.15, 0.2) is 0 Å². The summed E-state index contributed by atoms with van der Waals surface area (Å²) < 4.78 is 4.69. The molecule has 80 valence electrons. The lowest BCUT2D eigenvalue weighted by molar-refractivity contribution is -0.242. The first kappa shape index (κ1) is 9.97. The normalized spacial score (nSPS) is 41.2. The van der Waals surface area contributed by atoms with Gasteiger partial charge in [0.1, 0.15) is 6.04 Å².